The fourth-order valence-electron chi connectivity index (χ4n) is 5.45. The van der Waals surface area contributed by atoms with Gasteiger partial charge in [-0.05, 0) is 43.6 Å². The van der Waals surface area contributed by atoms with Gasteiger partial charge in [0.1, 0.15) is 21.4 Å². The van der Waals surface area contributed by atoms with Gasteiger partial charge in [0.15, 0.2) is 0 Å². The number of hydrogen-bond donors (Lipinski definition) is 4. The van der Waals surface area contributed by atoms with E-state index in [1.165, 1.54) is 22.7 Å². The summed E-state index contributed by atoms with van der Waals surface area (Å²) in [6.07, 6.45) is 4.77. The highest BCUT2D eigenvalue weighted by molar-refractivity contribution is 7.10. The van der Waals surface area contributed by atoms with Gasteiger partial charge in [0.05, 0.1) is 18.1 Å². The minimum Gasteiger partial charge on any atom is -0.351 e. The van der Waals surface area contributed by atoms with Crippen LogP contribution in [0.3, 0.4) is 0 Å². The van der Waals surface area contributed by atoms with Crippen molar-refractivity contribution in [1.82, 2.24) is 30.8 Å². The van der Waals surface area contributed by atoms with Crippen LogP contribution in [-0.4, -0.2) is 64.2 Å². The van der Waals surface area contributed by atoms with Crippen LogP contribution >= 0.6 is 35.1 Å². The molecule has 0 spiro atoms. The molecule has 262 valence electrons. The van der Waals surface area contributed by atoms with Crippen LogP contribution in [0, 0.1) is 5.92 Å². The summed E-state index contributed by atoms with van der Waals surface area (Å²) >= 11 is 2.66. The zero-order chi connectivity index (χ0) is 33.8. The van der Waals surface area contributed by atoms with E-state index < -0.39 is 12.1 Å². The Balaban J connectivity index is 0.00000625. The maximum Gasteiger partial charge on any atom is 0.271 e. The third-order valence-corrected chi connectivity index (χ3v) is 9.87. The van der Waals surface area contributed by atoms with Crippen molar-refractivity contribution in [2.24, 2.45) is 11.7 Å². The van der Waals surface area contributed by atoms with Gasteiger partial charge in [-0.1, -0.05) is 63.9 Å². The molecule has 1 aliphatic heterocycles. The summed E-state index contributed by atoms with van der Waals surface area (Å²) in [5.74, 6) is -0.670. The molecule has 1 aliphatic rings. The first-order valence-corrected chi connectivity index (χ1v) is 18.3. The van der Waals surface area contributed by atoms with Crippen molar-refractivity contribution < 1.29 is 19.2 Å². The van der Waals surface area contributed by atoms with Gasteiger partial charge in [0.25, 0.3) is 11.8 Å². The average molecular weight is 718 g/mol. The summed E-state index contributed by atoms with van der Waals surface area (Å²) in [5.41, 5.74) is 7.80. The molecule has 0 saturated heterocycles. The van der Waals surface area contributed by atoms with Crippen molar-refractivity contribution in [3.63, 3.8) is 0 Å². The molecule has 4 bridgehead atoms. The molecular formula is C34H48ClN7O4S2. The van der Waals surface area contributed by atoms with Crippen LogP contribution in [0.25, 0.3) is 0 Å². The number of carbonyl (C=O) groups is 4. The van der Waals surface area contributed by atoms with E-state index in [9.17, 15) is 19.2 Å². The molecule has 14 heteroatoms. The molecule has 3 heterocycles. The molecule has 0 unspecified atom stereocenters. The van der Waals surface area contributed by atoms with Gasteiger partial charge in [0.2, 0.25) is 11.8 Å². The highest BCUT2D eigenvalue weighted by Gasteiger charge is 2.26. The van der Waals surface area contributed by atoms with Crippen molar-refractivity contribution in [1.29, 1.82) is 0 Å². The largest absolute Gasteiger partial charge is 0.351 e. The molecule has 1 aromatic carbocycles. The van der Waals surface area contributed by atoms with Crippen LogP contribution in [0.4, 0.5) is 0 Å². The lowest BCUT2D eigenvalue weighted by molar-refractivity contribution is -0.133. The van der Waals surface area contributed by atoms with E-state index >= 15 is 0 Å². The normalized spacial score (nSPS) is 18.9. The summed E-state index contributed by atoms with van der Waals surface area (Å²) in [5, 5.41) is 13.8. The standard InChI is InChI=1S/C34H47N7O4S2.ClH/c1-4-5-13-24(35)34(45)41-16-9-14-29(42)37-25(18-22(2)3)32-40-28(21-47-32)31(44)38-26(19-23-11-7-6-8-12-23)33-39-27(20-46-33)30(43)36-15-10-17-41;/h6-8,11-12,20-22,24-26H,4-5,9-10,13-19,35H2,1-3H3,(H,36,43)(H,37,42)(H,38,44);1H/t24-,25-,26-;/m0./s1. The average Bonchev–Trinajstić information content (AvgIpc) is 3.75. The number of rotatable bonds is 8. The number of hydrogen-bond acceptors (Lipinski definition) is 9. The van der Waals surface area contributed by atoms with E-state index in [0.29, 0.717) is 61.8 Å². The summed E-state index contributed by atoms with van der Waals surface area (Å²) in [7, 11) is 0. The van der Waals surface area contributed by atoms with E-state index in [0.717, 1.165) is 18.4 Å². The predicted octanol–water partition coefficient (Wildman–Crippen LogP) is 5.20. The summed E-state index contributed by atoms with van der Waals surface area (Å²) < 4.78 is 0. The molecule has 0 radical (unpaired) electrons. The van der Waals surface area contributed by atoms with Crippen LogP contribution in [-0.2, 0) is 16.0 Å². The Hall–Kier alpha value is -3.39. The Bertz CT molecular complexity index is 1480. The Labute approximate surface area is 297 Å². The first-order valence-electron chi connectivity index (χ1n) is 16.5. The maximum atomic E-state index is 13.5. The fraction of sp³-hybridized carbons (Fsp3) is 0.529. The quantitative estimate of drug-likeness (QED) is 0.249. The molecule has 3 atom stereocenters. The van der Waals surface area contributed by atoms with Gasteiger partial charge in [-0.25, -0.2) is 9.97 Å². The van der Waals surface area contributed by atoms with Crippen LogP contribution in [0.15, 0.2) is 41.1 Å². The molecule has 0 aliphatic carbocycles. The maximum absolute atomic E-state index is 13.5. The van der Waals surface area contributed by atoms with Gasteiger partial charge < -0.3 is 26.6 Å². The number of amides is 4. The second-order valence-corrected chi connectivity index (χ2v) is 14.2. The Kier molecular flexibility index (Phi) is 15.9. The summed E-state index contributed by atoms with van der Waals surface area (Å²) in [6.45, 7) is 7.35. The topological polar surface area (TPSA) is 159 Å². The Morgan fingerprint density at radius 2 is 1.60 bits per heavy atom. The lowest BCUT2D eigenvalue weighted by Gasteiger charge is -2.26. The molecule has 5 N–H and O–H groups in total. The molecule has 0 saturated carbocycles. The van der Waals surface area contributed by atoms with Gasteiger partial charge >= 0.3 is 0 Å². The monoisotopic (exact) mass is 717 g/mol. The van der Waals surface area contributed by atoms with Crippen molar-refractivity contribution in [3.05, 3.63) is 68.1 Å². The van der Waals surface area contributed by atoms with Crippen LogP contribution in [0.1, 0.15) is 114 Å². The number of nitrogens with one attached hydrogen (secondary N) is 3. The zero-order valence-electron chi connectivity index (χ0n) is 27.9. The molecule has 11 nitrogen and oxygen atoms in total. The smallest absolute Gasteiger partial charge is 0.271 e. The molecule has 2 aromatic heterocycles. The minimum absolute atomic E-state index is 0. The van der Waals surface area contributed by atoms with Gasteiger partial charge in [-0.15, -0.1) is 35.1 Å². The minimum atomic E-state index is -0.601. The predicted molar refractivity (Wildman–Crippen MR) is 192 cm³/mol. The Morgan fingerprint density at radius 1 is 0.958 bits per heavy atom. The van der Waals surface area contributed by atoms with E-state index in [4.69, 9.17) is 5.73 Å². The lowest BCUT2D eigenvalue weighted by Crippen LogP contribution is -2.45. The summed E-state index contributed by atoms with van der Waals surface area (Å²) in [6, 6.07) is 8.35. The number of thiazole rings is 2. The van der Waals surface area contributed by atoms with Crippen LogP contribution < -0.4 is 21.7 Å². The second kappa shape index (κ2) is 19.6. The zero-order valence-corrected chi connectivity index (χ0v) is 30.4. The number of nitrogens with zero attached hydrogens (tertiary/aromatic N) is 3. The molecule has 4 amide bonds. The van der Waals surface area contributed by atoms with E-state index in [1.807, 2.05) is 30.3 Å². The van der Waals surface area contributed by atoms with Gasteiger partial charge in [-0.3, -0.25) is 19.2 Å². The third-order valence-electron chi connectivity index (χ3n) is 7.96. The highest BCUT2D eigenvalue weighted by atomic mass is 35.5. The number of unbranched alkanes of at least 4 members (excludes halogenated alkanes) is 1. The van der Waals surface area contributed by atoms with E-state index in [1.54, 1.807) is 15.7 Å². The Morgan fingerprint density at radius 3 is 2.27 bits per heavy atom. The number of nitrogens with two attached hydrogens (primary N) is 1. The van der Waals surface area contributed by atoms with Gasteiger partial charge in [0, 0.05) is 36.8 Å². The van der Waals surface area contributed by atoms with Crippen molar-refractivity contribution in [2.75, 3.05) is 19.6 Å². The van der Waals surface area contributed by atoms with Crippen LogP contribution in [0.2, 0.25) is 0 Å². The lowest BCUT2D eigenvalue weighted by atomic mass is 10.0. The number of aromatic nitrogens is 2. The molecule has 4 rings (SSSR count). The SMILES string of the molecule is CCCC[C@H](N)C(=O)N1CCCNC(=O)c2csc(n2)[C@H](Cc2ccccc2)NC(=O)c2csc(n2)[C@H](CC(C)C)NC(=O)CCC1.Cl. The van der Waals surface area contributed by atoms with Crippen LogP contribution in [0.5, 0.6) is 0 Å². The van der Waals surface area contributed by atoms with Crippen molar-refractivity contribution in [2.45, 2.75) is 90.3 Å². The molecule has 0 fully saturated rings. The number of fused-ring (bicyclic) bond motifs is 4. The van der Waals surface area contributed by atoms with Gasteiger partial charge in [-0.2, -0.15) is 0 Å². The highest BCUT2D eigenvalue weighted by Crippen LogP contribution is 2.27. The molecular weight excluding hydrogens is 670 g/mol. The molecule has 3 aromatic rings. The number of benzene rings is 1. The molecule has 48 heavy (non-hydrogen) atoms. The van der Waals surface area contributed by atoms with Crippen molar-refractivity contribution >= 4 is 58.7 Å². The second-order valence-electron chi connectivity index (χ2n) is 12.4. The number of halogens is 1. The van der Waals surface area contributed by atoms with E-state index in [-0.39, 0.29) is 65.8 Å². The first kappa shape index (κ1) is 39.1. The first-order chi connectivity index (χ1) is 22.6. The fourth-order valence-corrected chi connectivity index (χ4v) is 7.16. The number of carbonyl (C=O) groups excluding carboxylic acids is 4. The third kappa shape index (κ3) is 11.6. The summed E-state index contributed by atoms with van der Waals surface area (Å²) in [4.78, 5) is 64.0. The van der Waals surface area contributed by atoms with Crippen molar-refractivity contribution in [3.8, 4) is 0 Å². The van der Waals surface area contributed by atoms with E-state index in [2.05, 4.69) is 46.7 Å².